The van der Waals surface area contributed by atoms with E-state index >= 15 is 0 Å². The number of benzene rings is 1. The average molecular weight is 353 g/mol. The lowest BCUT2D eigenvalue weighted by molar-refractivity contribution is -0.149. The molecule has 1 aromatic carbocycles. The van der Waals surface area contributed by atoms with Crippen LogP contribution in [-0.4, -0.2) is 61.9 Å². The number of carbonyl (C=O) groups is 3. The topological polar surface area (TPSA) is 131 Å². The van der Waals surface area contributed by atoms with Crippen LogP contribution in [-0.2, 0) is 19.1 Å². The summed E-state index contributed by atoms with van der Waals surface area (Å²) >= 11 is 0. The van der Waals surface area contributed by atoms with Crippen molar-refractivity contribution in [3.63, 3.8) is 0 Å². The van der Waals surface area contributed by atoms with Crippen LogP contribution in [0.1, 0.15) is 23.7 Å². The quantitative estimate of drug-likeness (QED) is 0.384. The summed E-state index contributed by atoms with van der Waals surface area (Å²) in [5.41, 5.74) is 0.198. The Bertz CT molecular complexity index is 634. The molecule has 0 saturated carbocycles. The number of nitrogens with one attached hydrogen (secondary N) is 1. The van der Waals surface area contributed by atoms with Crippen molar-refractivity contribution >= 4 is 30.4 Å². The molecular weight excluding hydrogens is 333 g/mol. The van der Waals surface area contributed by atoms with Crippen LogP contribution in [0.2, 0.25) is 0 Å². The Morgan fingerprint density at radius 3 is 2.40 bits per heavy atom. The van der Waals surface area contributed by atoms with E-state index in [9.17, 15) is 24.4 Å². The standard InChI is InChI=1S/C15H20BNO8/c1-4-25-12-7-9(16(21)22)5-6-10(12)14(19)17-11(15(20)24-3)8-13(18)23-2/h5-7,11,21-22H,4,8H2,1-3H3,(H,17,19). The molecule has 0 saturated heterocycles. The first-order chi connectivity index (χ1) is 11.8. The summed E-state index contributed by atoms with van der Waals surface area (Å²) in [4.78, 5) is 35.6. The predicted octanol–water partition coefficient (Wildman–Crippen LogP) is -1.40. The second-order valence-electron chi connectivity index (χ2n) is 4.89. The molecule has 0 heterocycles. The van der Waals surface area contributed by atoms with Crippen molar-refractivity contribution in [2.75, 3.05) is 20.8 Å². The van der Waals surface area contributed by atoms with Gasteiger partial charge in [0.1, 0.15) is 11.8 Å². The van der Waals surface area contributed by atoms with E-state index in [0.717, 1.165) is 14.2 Å². The van der Waals surface area contributed by atoms with Gasteiger partial charge in [0.15, 0.2) is 0 Å². The molecule has 1 amide bonds. The Morgan fingerprint density at radius 2 is 1.88 bits per heavy atom. The molecule has 1 atom stereocenters. The molecule has 10 heteroatoms. The molecule has 0 radical (unpaired) electrons. The molecule has 0 aliphatic carbocycles. The number of methoxy groups -OCH3 is 2. The van der Waals surface area contributed by atoms with Gasteiger partial charge in [-0.15, -0.1) is 0 Å². The van der Waals surface area contributed by atoms with Gasteiger partial charge in [0.05, 0.1) is 32.8 Å². The summed E-state index contributed by atoms with van der Waals surface area (Å²) in [6.45, 7) is 1.92. The van der Waals surface area contributed by atoms with Crippen molar-refractivity contribution in [3.05, 3.63) is 23.8 Å². The van der Waals surface area contributed by atoms with Crippen molar-refractivity contribution in [2.24, 2.45) is 0 Å². The van der Waals surface area contributed by atoms with E-state index in [1.807, 2.05) is 0 Å². The summed E-state index contributed by atoms with van der Waals surface area (Å²) < 4.78 is 14.4. The van der Waals surface area contributed by atoms with Crippen LogP contribution in [0.5, 0.6) is 5.75 Å². The monoisotopic (exact) mass is 353 g/mol. The molecule has 0 bridgehead atoms. The first-order valence-electron chi connectivity index (χ1n) is 7.42. The second-order valence-corrected chi connectivity index (χ2v) is 4.89. The van der Waals surface area contributed by atoms with E-state index in [-0.39, 0.29) is 23.4 Å². The molecule has 0 aromatic heterocycles. The van der Waals surface area contributed by atoms with E-state index in [1.54, 1.807) is 6.92 Å². The first-order valence-corrected chi connectivity index (χ1v) is 7.42. The second kappa shape index (κ2) is 9.65. The minimum absolute atomic E-state index is 0.0602. The zero-order valence-corrected chi connectivity index (χ0v) is 14.1. The fourth-order valence-corrected chi connectivity index (χ4v) is 1.98. The number of ether oxygens (including phenoxy) is 3. The van der Waals surface area contributed by atoms with Crippen molar-refractivity contribution in [1.82, 2.24) is 5.32 Å². The van der Waals surface area contributed by atoms with Crippen LogP contribution in [0.4, 0.5) is 0 Å². The van der Waals surface area contributed by atoms with Crippen LogP contribution in [0, 0.1) is 0 Å². The normalized spacial score (nSPS) is 11.2. The maximum Gasteiger partial charge on any atom is 0.488 e. The van der Waals surface area contributed by atoms with Gasteiger partial charge in [0.25, 0.3) is 5.91 Å². The van der Waals surface area contributed by atoms with E-state index in [1.165, 1.54) is 18.2 Å². The zero-order chi connectivity index (χ0) is 19.0. The highest BCUT2D eigenvalue weighted by molar-refractivity contribution is 6.58. The largest absolute Gasteiger partial charge is 0.493 e. The Hall–Kier alpha value is -2.59. The third-order valence-electron chi connectivity index (χ3n) is 3.24. The van der Waals surface area contributed by atoms with Gasteiger partial charge < -0.3 is 29.6 Å². The number of esters is 2. The molecule has 25 heavy (non-hydrogen) atoms. The minimum atomic E-state index is -1.72. The van der Waals surface area contributed by atoms with Crippen molar-refractivity contribution in [2.45, 2.75) is 19.4 Å². The lowest BCUT2D eigenvalue weighted by Crippen LogP contribution is -2.43. The maximum absolute atomic E-state index is 12.4. The number of hydrogen-bond donors (Lipinski definition) is 3. The first kappa shape index (κ1) is 20.5. The SMILES string of the molecule is CCOc1cc(B(O)O)ccc1C(=O)NC(CC(=O)OC)C(=O)OC. The molecule has 1 unspecified atom stereocenters. The molecule has 0 aliphatic rings. The predicted molar refractivity (Wildman–Crippen MR) is 87.3 cm³/mol. The highest BCUT2D eigenvalue weighted by atomic mass is 16.5. The van der Waals surface area contributed by atoms with Gasteiger partial charge in [-0.05, 0) is 24.5 Å². The Balaban J connectivity index is 3.06. The Kier molecular flexibility index (Phi) is 7.90. The van der Waals surface area contributed by atoms with Gasteiger partial charge in [0, 0.05) is 0 Å². The summed E-state index contributed by atoms with van der Waals surface area (Å²) in [7, 11) is 0.561. The molecule has 1 aromatic rings. The minimum Gasteiger partial charge on any atom is -0.493 e. The van der Waals surface area contributed by atoms with Gasteiger partial charge >= 0.3 is 19.1 Å². The zero-order valence-electron chi connectivity index (χ0n) is 14.1. The maximum atomic E-state index is 12.4. The molecule has 136 valence electrons. The third-order valence-corrected chi connectivity index (χ3v) is 3.24. The van der Waals surface area contributed by atoms with E-state index in [0.29, 0.717) is 0 Å². The highest BCUT2D eigenvalue weighted by Gasteiger charge is 2.27. The third kappa shape index (κ3) is 5.77. The van der Waals surface area contributed by atoms with Gasteiger partial charge in [-0.1, -0.05) is 6.07 Å². The summed E-state index contributed by atoms with van der Waals surface area (Å²) in [6, 6.07) is 2.72. The van der Waals surface area contributed by atoms with Crippen molar-refractivity contribution < 1.29 is 38.6 Å². The van der Waals surface area contributed by atoms with E-state index in [2.05, 4.69) is 14.8 Å². The Labute approximate surface area is 145 Å². The summed E-state index contributed by atoms with van der Waals surface area (Å²) in [5, 5.41) is 20.8. The summed E-state index contributed by atoms with van der Waals surface area (Å²) in [6.07, 6.45) is -0.397. The highest BCUT2D eigenvalue weighted by Crippen LogP contribution is 2.17. The molecular formula is C15H20BNO8. The van der Waals surface area contributed by atoms with Gasteiger partial charge in [0.2, 0.25) is 0 Å². The van der Waals surface area contributed by atoms with Crippen LogP contribution in [0.15, 0.2) is 18.2 Å². The van der Waals surface area contributed by atoms with E-state index < -0.39 is 37.4 Å². The average Bonchev–Trinajstić information content (AvgIpc) is 2.60. The fourth-order valence-electron chi connectivity index (χ4n) is 1.98. The molecule has 9 nitrogen and oxygen atoms in total. The Morgan fingerprint density at radius 1 is 1.20 bits per heavy atom. The number of hydrogen-bond acceptors (Lipinski definition) is 8. The van der Waals surface area contributed by atoms with Gasteiger partial charge in [-0.25, -0.2) is 4.79 Å². The van der Waals surface area contributed by atoms with Crippen LogP contribution in [0.25, 0.3) is 0 Å². The molecule has 0 fully saturated rings. The number of amides is 1. The molecule has 0 aliphatic heterocycles. The van der Waals surface area contributed by atoms with Crippen LogP contribution < -0.4 is 15.5 Å². The number of rotatable bonds is 8. The fraction of sp³-hybridized carbons (Fsp3) is 0.400. The molecule has 0 spiro atoms. The number of carbonyl (C=O) groups excluding carboxylic acids is 3. The van der Waals surface area contributed by atoms with Crippen molar-refractivity contribution in [3.8, 4) is 5.75 Å². The van der Waals surface area contributed by atoms with E-state index in [4.69, 9.17) is 4.74 Å². The smallest absolute Gasteiger partial charge is 0.488 e. The van der Waals surface area contributed by atoms with Crippen LogP contribution in [0.3, 0.4) is 0 Å². The summed E-state index contributed by atoms with van der Waals surface area (Å²) in [5.74, 6) is -2.09. The van der Waals surface area contributed by atoms with Crippen molar-refractivity contribution in [1.29, 1.82) is 0 Å². The van der Waals surface area contributed by atoms with Gasteiger partial charge in [-0.2, -0.15) is 0 Å². The lowest BCUT2D eigenvalue weighted by Gasteiger charge is -2.17. The van der Waals surface area contributed by atoms with Crippen LogP contribution >= 0.6 is 0 Å². The molecule has 3 N–H and O–H groups in total. The molecule has 1 rings (SSSR count). The lowest BCUT2D eigenvalue weighted by atomic mass is 9.80. The van der Waals surface area contributed by atoms with Gasteiger partial charge in [-0.3, -0.25) is 9.59 Å².